The molecule has 0 aliphatic heterocycles. The zero-order valence-corrected chi connectivity index (χ0v) is 18.2. The minimum atomic E-state index is -0.631. The largest absolute Gasteiger partial charge is 0.484 e. The maximum atomic E-state index is 13.0. The highest BCUT2D eigenvalue weighted by Gasteiger charge is 2.27. The molecule has 1 N–H and O–H groups in total. The van der Waals surface area contributed by atoms with Gasteiger partial charge in [0.2, 0.25) is 5.91 Å². The topological polar surface area (TPSA) is 58.6 Å². The van der Waals surface area contributed by atoms with Gasteiger partial charge in [0.05, 0.1) is 0 Å². The molecule has 2 atom stereocenters. The number of rotatable bonds is 9. The highest BCUT2D eigenvalue weighted by atomic mass is 35.5. The molecule has 0 heterocycles. The van der Waals surface area contributed by atoms with E-state index in [2.05, 4.69) is 5.32 Å². The Balaban J connectivity index is 2.14. The van der Waals surface area contributed by atoms with Gasteiger partial charge in [0.25, 0.3) is 5.91 Å². The van der Waals surface area contributed by atoms with Crippen LogP contribution in [-0.2, 0) is 16.1 Å². The van der Waals surface area contributed by atoms with Gasteiger partial charge < -0.3 is 15.0 Å². The molecule has 0 spiro atoms. The summed E-state index contributed by atoms with van der Waals surface area (Å²) in [6.07, 6.45) is 0.820. The third kappa shape index (κ3) is 7.09. The number of nitrogens with zero attached hydrogens (tertiary/aromatic N) is 1. The lowest BCUT2D eigenvalue weighted by atomic mass is 10.1. The average Bonchev–Trinajstić information content (AvgIpc) is 2.71. The van der Waals surface area contributed by atoms with Crippen molar-refractivity contribution in [3.05, 3.63) is 64.7 Å². The number of aryl methyl sites for hydroxylation is 1. The van der Waals surface area contributed by atoms with Gasteiger partial charge in [-0.05, 0) is 62.6 Å². The molecule has 2 aromatic rings. The van der Waals surface area contributed by atoms with Crippen molar-refractivity contribution in [2.24, 2.45) is 0 Å². The Kier molecular flexibility index (Phi) is 8.52. The van der Waals surface area contributed by atoms with E-state index in [9.17, 15) is 9.59 Å². The van der Waals surface area contributed by atoms with Crippen molar-refractivity contribution in [2.45, 2.75) is 52.7 Å². The van der Waals surface area contributed by atoms with E-state index in [1.807, 2.05) is 57.2 Å². The van der Waals surface area contributed by atoms with E-state index in [1.165, 1.54) is 4.90 Å². The van der Waals surface area contributed by atoms with Crippen molar-refractivity contribution < 1.29 is 14.3 Å². The zero-order valence-electron chi connectivity index (χ0n) is 17.4. The van der Waals surface area contributed by atoms with Crippen LogP contribution in [0.4, 0.5) is 0 Å². The summed E-state index contributed by atoms with van der Waals surface area (Å²) >= 11 is 5.96. The van der Waals surface area contributed by atoms with E-state index in [4.69, 9.17) is 16.3 Å². The van der Waals surface area contributed by atoms with Crippen LogP contribution in [0.3, 0.4) is 0 Å². The monoisotopic (exact) mass is 416 g/mol. The first kappa shape index (κ1) is 22.8. The zero-order chi connectivity index (χ0) is 21.4. The Bertz CT molecular complexity index is 823. The van der Waals surface area contributed by atoms with Crippen molar-refractivity contribution in [2.75, 3.05) is 6.61 Å². The fraction of sp³-hybridized carbons (Fsp3) is 0.391. The van der Waals surface area contributed by atoms with Crippen molar-refractivity contribution >= 4 is 23.4 Å². The lowest BCUT2D eigenvalue weighted by molar-refractivity contribution is -0.142. The van der Waals surface area contributed by atoms with E-state index in [0.29, 0.717) is 17.3 Å². The number of ether oxygens (including phenoxy) is 1. The second-order valence-electron chi connectivity index (χ2n) is 7.25. The van der Waals surface area contributed by atoms with Gasteiger partial charge in [-0.2, -0.15) is 0 Å². The summed E-state index contributed by atoms with van der Waals surface area (Å²) in [5.41, 5.74) is 1.94. The molecule has 0 saturated carbocycles. The SMILES string of the molecule is CC[C@H](C)NC(=O)[C@@H](C)N(Cc1ccc(Cl)cc1)C(=O)COc1cccc(C)c1. The second-order valence-corrected chi connectivity index (χ2v) is 7.68. The standard InChI is InChI=1S/C23H29ClN2O3/c1-5-17(3)25-23(28)18(4)26(14-19-9-11-20(24)12-10-19)22(27)15-29-21-8-6-7-16(2)13-21/h6-13,17-18H,5,14-15H2,1-4H3,(H,25,28)/t17-,18+/m0/s1. The van der Waals surface area contributed by atoms with Gasteiger partial charge in [-0.15, -0.1) is 0 Å². The lowest BCUT2D eigenvalue weighted by Crippen LogP contribution is -2.50. The quantitative estimate of drug-likeness (QED) is 0.660. The van der Waals surface area contributed by atoms with Gasteiger partial charge >= 0.3 is 0 Å². The number of amides is 2. The highest BCUT2D eigenvalue weighted by molar-refractivity contribution is 6.30. The smallest absolute Gasteiger partial charge is 0.261 e. The minimum Gasteiger partial charge on any atom is -0.484 e. The molecule has 0 unspecified atom stereocenters. The van der Waals surface area contributed by atoms with E-state index >= 15 is 0 Å². The molecule has 0 aliphatic rings. The Morgan fingerprint density at radius 3 is 2.45 bits per heavy atom. The molecule has 156 valence electrons. The number of benzene rings is 2. The molecule has 0 fully saturated rings. The molecule has 0 saturated heterocycles. The molecule has 2 amide bonds. The van der Waals surface area contributed by atoms with E-state index < -0.39 is 6.04 Å². The molecule has 5 nitrogen and oxygen atoms in total. The molecular formula is C23H29ClN2O3. The van der Waals surface area contributed by atoms with Crippen molar-refractivity contribution in [3.63, 3.8) is 0 Å². The molecule has 2 aromatic carbocycles. The Morgan fingerprint density at radius 2 is 1.83 bits per heavy atom. The van der Waals surface area contributed by atoms with Crippen molar-refractivity contribution in [1.82, 2.24) is 10.2 Å². The normalized spacial score (nSPS) is 12.7. The Hall–Kier alpha value is -2.53. The van der Waals surface area contributed by atoms with Crippen LogP contribution < -0.4 is 10.1 Å². The third-order valence-corrected chi connectivity index (χ3v) is 5.04. The molecule has 0 bridgehead atoms. The summed E-state index contributed by atoms with van der Waals surface area (Å²) in [6.45, 7) is 7.79. The summed E-state index contributed by atoms with van der Waals surface area (Å²) in [6, 6.07) is 14.2. The van der Waals surface area contributed by atoms with Gasteiger partial charge in [0, 0.05) is 17.6 Å². The number of halogens is 1. The average molecular weight is 417 g/mol. The van der Waals surface area contributed by atoms with Gasteiger partial charge in [-0.25, -0.2) is 0 Å². The second kappa shape index (κ2) is 10.9. The van der Waals surface area contributed by atoms with Crippen LogP contribution in [0.15, 0.2) is 48.5 Å². The summed E-state index contributed by atoms with van der Waals surface area (Å²) in [7, 11) is 0. The van der Waals surface area contributed by atoms with Gasteiger partial charge in [0.15, 0.2) is 6.61 Å². The van der Waals surface area contributed by atoms with Gasteiger partial charge in [-0.1, -0.05) is 42.8 Å². The highest BCUT2D eigenvalue weighted by Crippen LogP contribution is 2.16. The third-order valence-electron chi connectivity index (χ3n) is 4.79. The summed E-state index contributed by atoms with van der Waals surface area (Å²) in [4.78, 5) is 27.2. The summed E-state index contributed by atoms with van der Waals surface area (Å²) < 4.78 is 5.67. The fourth-order valence-corrected chi connectivity index (χ4v) is 2.89. The number of hydrogen-bond acceptors (Lipinski definition) is 3. The van der Waals surface area contributed by atoms with Crippen molar-refractivity contribution in [1.29, 1.82) is 0 Å². The molecule has 0 aromatic heterocycles. The number of nitrogens with one attached hydrogen (secondary N) is 1. The summed E-state index contributed by atoms with van der Waals surface area (Å²) in [5, 5.41) is 3.57. The Morgan fingerprint density at radius 1 is 1.14 bits per heavy atom. The van der Waals surface area contributed by atoms with Crippen LogP contribution in [0.5, 0.6) is 5.75 Å². The van der Waals surface area contributed by atoms with Crippen LogP contribution in [-0.4, -0.2) is 35.4 Å². The fourth-order valence-electron chi connectivity index (χ4n) is 2.77. The lowest BCUT2D eigenvalue weighted by Gasteiger charge is -2.29. The number of carbonyl (C=O) groups excluding carboxylic acids is 2. The van der Waals surface area contributed by atoms with E-state index in [-0.39, 0.29) is 24.5 Å². The molecule has 6 heteroatoms. The molecule has 29 heavy (non-hydrogen) atoms. The first-order chi connectivity index (χ1) is 13.8. The Labute approximate surface area is 178 Å². The van der Waals surface area contributed by atoms with Crippen LogP contribution >= 0.6 is 11.6 Å². The molecule has 2 rings (SSSR count). The van der Waals surface area contributed by atoms with Crippen LogP contribution in [0.25, 0.3) is 0 Å². The van der Waals surface area contributed by atoms with E-state index in [1.54, 1.807) is 19.1 Å². The number of hydrogen-bond donors (Lipinski definition) is 1. The molecule has 0 radical (unpaired) electrons. The predicted octanol–water partition coefficient (Wildman–Crippen LogP) is 4.36. The molecular weight excluding hydrogens is 388 g/mol. The first-order valence-corrected chi connectivity index (χ1v) is 10.2. The predicted molar refractivity (Wildman–Crippen MR) is 116 cm³/mol. The van der Waals surface area contributed by atoms with Crippen LogP contribution in [0.2, 0.25) is 5.02 Å². The van der Waals surface area contributed by atoms with Crippen molar-refractivity contribution in [3.8, 4) is 5.75 Å². The van der Waals surface area contributed by atoms with E-state index in [0.717, 1.165) is 17.5 Å². The maximum absolute atomic E-state index is 13.0. The van der Waals surface area contributed by atoms with Crippen LogP contribution in [0, 0.1) is 6.92 Å². The number of carbonyl (C=O) groups is 2. The molecule has 0 aliphatic carbocycles. The summed E-state index contributed by atoms with van der Waals surface area (Å²) in [5.74, 6) is 0.187. The first-order valence-electron chi connectivity index (χ1n) is 9.84. The van der Waals surface area contributed by atoms with Gasteiger partial charge in [0.1, 0.15) is 11.8 Å². The van der Waals surface area contributed by atoms with Crippen LogP contribution in [0.1, 0.15) is 38.3 Å². The minimum absolute atomic E-state index is 0.0426. The van der Waals surface area contributed by atoms with Gasteiger partial charge in [-0.3, -0.25) is 9.59 Å². The maximum Gasteiger partial charge on any atom is 0.261 e.